The van der Waals surface area contributed by atoms with Crippen LogP contribution in [0.3, 0.4) is 0 Å². The van der Waals surface area contributed by atoms with E-state index < -0.39 is 34.0 Å². The zero-order valence-corrected chi connectivity index (χ0v) is 19.1. The SMILES string of the molecule is CCOC(=O)c1sc(NC(=O)C(C)(C)C(c2ccccc2)c2ccccc2)nc1C(F)(F)F. The Balaban J connectivity index is 1.97. The van der Waals surface area contributed by atoms with Gasteiger partial charge in [-0.2, -0.15) is 13.2 Å². The average molecular weight is 477 g/mol. The molecule has 0 aliphatic rings. The van der Waals surface area contributed by atoms with Crippen molar-refractivity contribution in [2.45, 2.75) is 32.9 Å². The van der Waals surface area contributed by atoms with Gasteiger partial charge in [-0.3, -0.25) is 4.79 Å². The van der Waals surface area contributed by atoms with Gasteiger partial charge in [0, 0.05) is 5.92 Å². The number of nitrogens with one attached hydrogen (secondary N) is 1. The summed E-state index contributed by atoms with van der Waals surface area (Å²) in [6.45, 7) is 4.85. The van der Waals surface area contributed by atoms with Gasteiger partial charge in [0.15, 0.2) is 10.8 Å². The van der Waals surface area contributed by atoms with Crippen LogP contribution in [0, 0.1) is 5.41 Å². The van der Waals surface area contributed by atoms with E-state index in [2.05, 4.69) is 10.3 Å². The number of amides is 1. The molecular weight excluding hydrogens is 453 g/mol. The molecule has 1 N–H and O–H groups in total. The summed E-state index contributed by atoms with van der Waals surface area (Å²) < 4.78 is 45.0. The molecule has 5 nitrogen and oxygen atoms in total. The minimum absolute atomic E-state index is 0.0847. The van der Waals surface area contributed by atoms with Crippen LogP contribution in [-0.4, -0.2) is 23.5 Å². The first-order chi connectivity index (χ1) is 15.6. The number of carbonyl (C=O) groups excluding carboxylic acids is 2. The normalized spacial score (nSPS) is 12.0. The first kappa shape index (κ1) is 24.4. The number of hydrogen-bond acceptors (Lipinski definition) is 5. The predicted octanol–water partition coefficient (Wildman–Crippen LogP) is 6.14. The number of alkyl halides is 3. The summed E-state index contributed by atoms with van der Waals surface area (Å²) in [5.41, 5.74) is -0.685. The number of rotatable bonds is 7. The Labute approximate surface area is 193 Å². The zero-order valence-electron chi connectivity index (χ0n) is 18.3. The van der Waals surface area contributed by atoms with E-state index in [4.69, 9.17) is 4.74 Å². The number of thiazole rings is 1. The largest absolute Gasteiger partial charge is 0.462 e. The number of aromatic nitrogens is 1. The number of nitrogens with zero attached hydrogens (tertiary/aromatic N) is 1. The molecule has 0 aliphatic carbocycles. The fraction of sp³-hybridized carbons (Fsp3) is 0.292. The standard InChI is InChI=1S/C24H23F3N2O3S/c1-4-32-20(30)18-19(24(25,26)27)28-22(33-18)29-21(31)23(2,3)17(15-11-7-5-8-12-15)16-13-9-6-10-14-16/h5-14,17H,4H2,1-3H3,(H,28,29,31). The maximum absolute atomic E-state index is 13.4. The molecule has 2 aromatic carbocycles. The van der Waals surface area contributed by atoms with Crippen molar-refractivity contribution in [1.82, 2.24) is 4.98 Å². The topological polar surface area (TPSA) is 68.3 Å². The van der Waals surface area contributed by atoms with Crippen LogP contribution in [-0.2, 0) is 15.7 Å². The highest BCUT2D eigenvalue weighted by Gasteiger charge is 2.42. The maximum Gasteiger partial charge on any atom is 0.435 e. The Morgan fingerprint density at radius 1 is 1.00 bits per heavy atom. The second-order valence-corrected chi connectivity index (χ2v) is 8.84. The van der Waals surface area contributed by atoms with Gasteiger partial charge < -0.3 is 10.1 Å². The van der Waals surface area contributed by atoms with E-state index in [1.165, 1.54) is 6.92 Å². The van der Waals surface area contributed by atoms with Gasteiger partial charge in [-0.1, -0.05) is 85.8 Å². The third kappa shape index (κ3) is 5.42. The van der Waals surface area contributed by atoms with Gasteiger partial charge >= 0.3 is 12.1 Å². The Morgan fingerprint density at radius 3 is 1.97 bits per heavy atom. The Bertz CT molecular complexity index is 1070. The number of carbonyl (C=O) groups is 2. The van der Waals surface area contributed by atoms with Crippen LogP contribution in [0.4, 0.5) is 18.3 Å². The van der Waals surface area contributed by atoms with Crippen LogP contribution in [0.25, 0.3) is 0 Å². The van der Waals surface area contributed by atoms with E-state index >= 15 is 0 Å². The van der Waals surface area contributed by atoms with Crippen molar-refractivity contribution in [2.75, 3.05) is 11.9 Å². The van der Waals surface area contributed by atoms with E-state index in [9.17, 15) is 22.8 Å². The molecule has 174 valence electrons. The molecule has 1 heterocycles. The summed E-state index contributed by atoms with van der Waals surface area (Å²) in [7, 11) is 0. The molecule has 3 rings (SSSR count). The van der Waals surface area contributed by atoms with Crippen LogP contribution in [0.15, 0.2) is 60.7 Å². The average Bonchev–Trinajstić information content (AvgIpc) is 3.20. The molecule has 0 atom stereocenters. The summed E-state index contributed by atoms with van der Waals surface area (Å²) in [6.07, 6.45) is -4.87. The Morgan fingerprint density at radius 2 is 1.52 bits per heavy atom. The maximum atomic E-state index is 13.4. The van der Waals surface area contributed by atoms with Gasteiger partial charge in [-0.15, -0.1) is 0 Å². The quantitative estimate of drug-likeness (QED) is 0.416. The van der Waals surface area contributed by atoms with Crippen molar-refractivity contribution in [3.05, 3.63) is 82.4 Å². The summed E-state index contributed by atoms with van der Waals surface area (Å²) in [5.74, 6) is -2.04. The summed E-state index contributed by atoms with van der Waals surface area (Å²) >= 11 is 0.445. The van der Waals surface area contributed by atoms with Gasteiger partial charge in [0.25, 0.3) is 0 Å². The number of hydrogen-bond donors (Lipinski definition) is 1. The highest BCUT2D eigenvalue weighted by molar-refractivity contribution is 7.17. The van der Waals surface area contributed by atoms with Crippen LogP contribution >= 0.6 is 11.3 Å². The number of esters is 1. The molecule has 0 radical (unpaired) electrons. The first-order valence-electron chi connectivity index (χ1n) is 10.2. The van der Waals surface area contributed by atoms with Gasteiger partial charge in [0.2, 0.25) is 5.91 Å². The monoisotopic (exact) mass is 476 g/mol. The Hall–Kier alpha value is -3.20. The van der Waals surface area contributed by atoms with Gasteiger partial charge in [-0.05, 0) is 18.1 Å². The highest BCUT2D eigenvalue weighted by Crippen LogP contribution is 2.43. The minimum atomic E-state index is -4.87. The van der Waals surface area contributed by atoms with Crippen LogP contribution in [0.5, 0.6) is 0 Å². The molecule has 0 saturated heterocycles. The van der Waals surface area contributed by atoms with Crippen molar-refractivity contribution in [3.8, 4) is 0 Å². The van der Waals surface area contributed by atoms with Crippen molar-refractivity contribution < 1.29 is 27.5 Å². The number of ether oxygens (including phenoxy) is 1. The van der Waals surface area contributed by atoms with Crippen molar-refractivity contribution in [2.24, 2.45) is 5.41 Å². The van der Waals surface area contributed by atoms with Crippen molar-refractivity contribution >= 4 is 28.3 Å². The highest BCUT2D eigenvalue weighted by atomic mass is 32.1. The van der Waals surface area contributed by atoms with Crippen molar-refractivity contribution in [3.63, 3.8) is 0 Å². The second-order valence-electron chi connectivity index (χ2n) is 7.85. The lowest BCUT2D eigenvalue weighted by molar-refractivity contribution is -0.141. The van der Waals surface area contributed by atoms with Crippen LogP contribution in [0.1, 0.15) is 53.2 Å². The smallest absolute Gasteiger partial charge is 0.435 e. The van der Waals surface area contributed by atoms with E-state index in [1.807, 2.05) is 60.7 Å². The lowest BCUT2D eigenvalue weighted by atomic mass is 9.70. The van der Waals surface area contributed by atoms with E-state index in [0.29, 0.717) is 11.3 Å². The molecule has 0 saturated carbocycles. The lowest BCUT2D eigenvalue weighted by Crippen LogP contribution is -2.37. The molecule has 0 unspecified atom stereocenters. The number of anilines is 1. The van der Waals surface area contributed by atoms with E-state index in [1.54, 1.807) is 13.8 Å². The summed E-state index contributed by atoms with van der Waals surface area (Å²) in [5, 5.41) is 2.18. The number of benzene rings is 2. The number of halogens is 3. The van der Waals surface area contributed by atoms with E-state index in [0.717, 1.165) is 11.1 Å². The molecule has 33 heavy (non-hydrogen) atoms. The molecule has 0 bridgehead atoms. The van der Waals surface area contributed by atoms with Crippen molar-refractivity contribution in [1.29, 1.82) is 0 Å². The van der Waals surface area contributed by atoms with Gasteiger partial charge in [0.05, 0.1) is 12.0 Å². The molecule has 1 amide bonds. The molecular formula is C24H23F3N2O3S. The third-order valence-corrected chi connectivity index (χ3v) is 6.10. The fourth-order valence-corrected chi connectivity index (χ4v) is 4.48. The molecule has 0 aliphatic heterocycles. The molecule has 1 aromatic heterocycles. The van der Waals surface area contributed by atoms with E-state index in [-0.39, 0.29) is 17.7 Å². The zero-order chi connectivity index (χ0) is 24.2. The molecule has 9 heteroatoms. The minimum Gasteiger partial charge on any atom is -0.462 e. The first-order valence-corrected chi connectivity index (χ1v) is 11.0. The summed E-state index contributed by atoms with van der Waals surface area (Å²) in [4.78, 5) is 28.2. The second kappa shape index (κ2) is 9.74. The molecule has 3 aromatic rings. The molecule has 0 fully saturated rings. The fourth-order valence-electron chi connectivity index (χ4n) is 3.61. The van der Waals surface area contributed by atoms with Gasteiger partial charge in [-0.25, -0.2) is 9.78 Å². The van der Waals surface area contributed by atoms with Crippen LogP contribution < -0.4 is 5.32 Å². The summed E-state index contributed by atoms with van der Waals surface area (Å²) in [6, 6.07) is 18.8. The Kier molecular flexibility index (Phi) is 7.22. The van der Waals surface area contributed by atoms with Crippen LogP contribution in [0.2, 0.25) is 0 Å². The lowest BCUT2D eigenvalue weighted by Gasteiger charge is -2.33. The predicted molar refractivity (Wildman–Crippen MR) is 120 cm³/mol. The molecule has 0 spiro atoms. The van der Waals surface area contributed by atoms with Gasteiger partial charge in [0.1, 0.15) is 4.88 Å². The third-order valence-electron chi connectivity index (χ3n) is 5.15.